The van der Waals surface area contributed by atoms with E-state index in [0.717, 1.165) is 0 Å². The summed E-state index contributed by atoms with van der Waals surface area (Å²) >= 11 is 0. The first kappa shape index (κ1) is 12.2. The number of carboxylic acid groups (broad SMARTS) is 1. The molecule has 0 spiro atoms. The minimum absolute atomic E-state index is 0.359. The minimum atomic E-state index is -1.07. The Morgan fingerprint density at radius 2 is 1.79 bits per heavy atom. The van der Waals surface area contributed by atoms with Crippen molar-refractivity contribution in [3.05, 3.63) is 25.3 Å². The van der Waals surface area contributed by atoms with E-state index in [1.54, 1.807) is 12.2 Å². The van der Waals surface area contributed by atoms with Crippen molar-refractivity contribution in [3.63, 3.8) is 0 Å². The molecule has 0 heterocycles. The predicted molar refractivity (Wildman–Crippen MR) is 53.0 cm³/mol. The Bertz CT molecular complexity index is 228. The van der Waals surface area contributed by atoms with Gasteiger partial charge in [0.1, 0.15) is 6.54 Å². The van der Waals surface area contributed by atoms with Crippen LogP contribution in [0.5, 0.6) is 0 Å². The summed E-state index contributed by atoms with van der Waals surface area (Å²) in [4.78, 5) is 22.8. The van der Waals surface area contributed by atoms with Gasteiger partial charge in [0.2, 0.25) is 0 Å². The van der Waals surface area contributed by atoms with Gasteiger partial charge in [-0.2, -0.15) is 0 Å². The largest absolute Gasteiger partial charge is 0.480 e. The van der Waals surface area contributed by atoms with Gasteiger partial charge in [0.15, 0.2) is 0 Å². The van der Waals surface area contributed by atoms with E-state index in [9.17, 15) is 9.59 Å². The van der Waals surface area contributed by atoms with E-state index in [4.69, 9.17) is 5.11 Å². The lowest BCUT2D eigenvalue weighted by molar-refractivity contribution is -0.135. The number of carboxylic acids is 1. The normalized spacial score (nSPS) is 8.86. The highest BCUT2D eigenvalue weighted by Crippen LogP contribution is 1.90. The third-order valence-corrected chi connectivity index (χ3v) is 1.38. The maximum Gasteiger partial charge on any atom is 0.323 e. The Labute approximate surface area is 82.7 Å². The van der Waals surface area contributed by atoms with E-state index in [-0.39, 0.29) is 6.54 Å². The van der Waals surface area contributed by atoms with E-state index < -0.39 is 12.0 Å². The van der Waals surface area contributed by atoms with Gasteiger partial charge in [0.05, 0.1) is 0 Å². The van der Waals surface area contributed by atoms with E-state index >= 15 is 0 Å². The monoisotopic (exact) mass is 198 g/mol. The zero-order valence-corrected chi connectivity index (χ0v) is 7.90. The molecule has 0 saturated carbocycles. The number of hydrogen-bond donors (Lipinski definition) is 2. The van der Waals surface area contributed by atoms with Gasteiger partial charge in [-0.1, -0.05) is 12.2 Å². The van der Waals surface area contributed by atoms with Gasteiger partial charge in [-0.15, -0.1) is 13.2 Å². The summed E-state index contributed by atoms with van der Waals surface area (Å²) in [6.45, 7) is 7.31. The Morgan fingerprint density at radius 3 is 2.14 bits per heavy atom. The number of nitrogens with one attached hydrogen (secondary N) is 1. The Hall–Kier alpha value is -1.78. The van der Waals surface area contributed by atoms with E-state index in [0.29, 0.717) is 13.1 Å². The maximum absolute atomic E-state index is 11.3. The van der Waals surface area contributed by atoms with Gasteiger partial charge in [0.25, 0.3) is 0 Å². The molecule has 5 heteroatoms. The van der Waals surface area contributed by atoms with Crippen LogP contribution in [-0.4, -0.2) is 41.6 Å². The number of carbonyl (C=O) groups is 2. The van der Waals surface area contributed by atoms with Gasteiger partial charge in [-0.3, -0.25) is 4.79 Å². The second-order valence-electron chi connectivity index (χ2n) is 2.53. The number of rotatable bonds is 6. The molecular weight excluding hydrogens is 184 g/mol. The highest BCUT2D eigenvalue weighted by atomic mass is 16.4. The standard InChI is InChI=1S/C9H14N2O3/c1-3-5-11(6-4-2)9(14)10-7-8(12)13/h3-4H,1-2,5-7H2,(H,10,14)(H,12,13). The van der Waals surface area contributed by atoms with Crippen molar-refractivity contribution in [2.24, 2.45) is 0 Å². The molecule has 2 N–H and O–H groups in total. The van der Waals surface area contributed by atoms with E-state index in [2.05, 4.69) is 18.5 Å². The van der Waals surface area contributed by atoms with Crippen LogP contribution in [0.3, 0.4) is 0 Å². The summed E-state index contributed by atoms with van der Waals surface area (Å²) in [6, 6.07) is -0.438. The van der Waals surface area contributed by atoms with Crippen LogP contribution < -0.4 is 5.32 Å². The third kappa shape index (κ3) is 4.97. The van der Waals surface area contributed by atoms with Crippen molar-refractivity contribution < 1.29 is 14.7 Å². The van der Waals surface area contributed by atoms with Crippen LogP contribution in [0.2, 0.25) is 0 Å². The van der Waals surface area contributed by atoms with Crippen LogP contribution in [0.25, 0.3) is 0 Å². The molecule has 0 aliphatic rings. The average Bonchev–Trinajstić information content (AvgIpc) is 2.14. The Kier molecular flexibility index (Phi) is 5.85. The molecule has 5 nitrogen and oxygen atoms in total. The highest BCUT2D eigenvalue weighted by Gasteiger charge is 2.10. The van der Waals surface area contributed by atoms with Crippen molar-refractivity contribution in [2.75, 3.05) is 19.6 Å². The molecule has 0 unspecified atom stereocenters. The molecule has 0 aromatic carbocycles. The fraction of sp³-hybridized carbons (Fsp3) is 0.333. The van der Waals surface area contributed by atoms with Crippen LogP contribution in [0, 0.1) is 0 Å². The smallest absolute Gasteiger partial charge is 0.323 e. The van der Waals surface area contributed by atoms with Crippen molar-refractivity contribution >= 4 is 12.0 Å². The molecule has 2 amide bonds. The molecule has 0 aliphatic heterocycles. The third-order valence-electron chi connectivity index (χ3n) is 1.38. The van der Waals surface area contributed by atoms with E-state index in [1.165, 1.54) is 4.90 Å². The summed E-state index contributed by atoms with van der Waals surface area (Å²) in [6.07, 6.45) is 3.12. The van der Waals surface area contributed by atoms with Gasteiger partial charge >= 0.3 is 12.0 Å². The number of amides is 2. The minimum Gasteiger partial charge on any atom is -0.480 e. The number of nitrogens with zero attached hydrogens (tertiary/aromatic N) is 1. The number of aliphatic carboxylic acids is 1. The molecule has 0 aliphatic carbocycles. The predicted octanol–water partition coefficient (Wildman–Crippen LogP) is 0.455. The lowest BCUT2D eigenvalue weighted by Crippen LogP contribution is -2.42. The summed E-state index contributed by atoms with van der Waals surface area (Å²) in [7, 11) is 0. The summed E-state index contributed by atoms with van der Waals surface area (Å²) < 4.78 is 0. The molecule has 0 aromatic rings. The number of urea groups is 1. The topological polar surface area (TPSA) is 69.6 Å². The second kappa shape index (κ2) is 6.71. The highest BCUT2D eigenvalue weighted by molar-refractivity contribution is 5.80. The fourth-order valence-corrected chi connectivity index (χ4v) is 0.815. The van der Waals surface area contributed by atoms with Crippen molar-refractivity contribution in [1.82, 2.24) is 10.2 Å². The first-order valence-electron chi connectivity index (χ1n) is 4.08. The zero-order chi connectivity index (χ0) is 11.0. The van der Waals surface area contributed by atoms with E-state index in [1.807, 2.05) is 0 Å². The first-order chi connectivity index (χ1) is 6.61. The van der Waals surface area contributed by atoms with Crippen molar-refractivity contribution in [3.8, 4) is 0 Å². The quantitative estimate of drug-likeness (QED) is 0.609. The SMILES string of the molecule is C=CCN(CC=C)C(=O)NCC(=O)O. The van der Waals surface area contributed by atoms with Crippen LogP contribution in [0.15, 0.2) is 25.3 Å². The molecule has 0 fully saturated rings. The Balaban J connectivity index is 4.06. The summed E-state index contributed by atoms with van der Waals surface area (Å²) in [5, 5.41) is 10.6. The zero-order valence-electron chi connectivity index (χ0n) is 7.90. The number of hydrogen-bond acceptors (Lipinski definition) is 2. The van der Waals surface area contributed by atoms with Gasteiger partial charge < -0.3 is 15.3 Å². The molecule has 0 radical (unpaired) electrons. The van der Waals surface area contributed by atoms with Gasteiger partial charge in [0, 0.05) is 13.1 Å². The molecule has 14 heavy (non-hydrogen) atoms. The van der Waals surface area contributed by atoms with Gasteiger partial charge in [-0.05, 0) is 0 Å². The maximum atomic E-state index is 11.3. The molecule has 0 aromatic heterocycles. The molecule has 0 bridgehead atoms. The second-order valence-corrected chi connectivity index (χ2v) is 2.53. The van der Waals surface area contributed by atoms with Crippen molar-refractivity contribution in [1.29, 1.82) is 0 Å². The molecule has 0 saturated heterocycles. The van der Waals surface area contributed by atoms with Crippen LogP contribution in [0.1, 0.15) is 0 Å². The summed E-state index contributed by atoms with van der Waals surface area (Å²) in [5.74, 6) is -1.07. The van der Waals surface area contributed by atoms with Gasteiger partial charge in [-0.25, -0.2) is 4.79 Å². The molecule has 0 atom stereocenters. The van der Waals surface area contributed by atoms with Crippen LogP contribution in [0.4, 0.5) is 4.79 Å². The Morgan fingerprint density at radius 1 is 1.29 bits per heavy atom. The molecule has 0 rings (SSSR count). The fourth-order valence-electron chi connectivity index (χ4n) is 0.815. The average molecular weight is 198 g/mol. The first-order valence-corrected chi connectivity index (χ1v) is 4.08. The molecule has 78 valence electrons. The van der Waals surface area contributed by atoms with Crippen LogP contribution >= 0.6 is 0 Å². The van der Waals surface area contributed by atoms with Crippen LogP contribution in [-0.2, 0) is 4.79 Å². The molecular formula is C9H14N2O3. The number of carbonyl (C=O) groups excluding carboxylic acids is 1. The lowest BCUT2D eigenvalue weighted by Gasteiger charge is -2.18. The van der Waals surface area contributed by atoms with Crippen molar-refractivity contribution in [2.45, 2.75) is 0 Å². The summed E-state index contributed by atoms with van der Waals surface area (Å²) in [5.41, 5.74) is 0. The lowest BCUT2D eigenvalue weighted by atomic mass is 10.4.